The maximum Gasteiger partial charge on any atom is 0.266 e. The van der Waals surface area contributed by atoms with Gasteiger partial charge in [0, 0.05) is 22.7 Å². The van der Waals surface area contributed by atoms with Crippen molar-refractivity contribution in [1.29, 1.82) is 0 Å². The molecule has 0 radical (unpaired) electrons. The third-order valence-electron chi connectivity index (χ3n) is 5.85. The fourth-order valence-corrected chi connectivity index (χ4v) is 4.98. The van der Waals surface area contributed by atoms with Crippen LogP contribution in [0.15, 0.2) is 82.9 Å². The van der Waals surface area contributed by atoms with Crippen molar-refractivity contribution in [3.8, 4) is 5.69 Å². The summed E-state index contributed by atoms with van der Waals surface area (Å²) in [6.45, 7) is 4.10. The molecule has 5 aromatic rings. The van der Waals surface area contributed by atoms with E-state index in [9.17, 15) is 9.59 Å². The van der Waals surface area contributed by atoms with Crippen LogP contribution < -0.4 is 5.56 Å². The minimum atomic E-state index is -0.140. The summed E-state index contributed by atoms with van der Waals surface area (Å²) in [5, 5.41) is 1.99. The third kappa shape index (κ3) is 3.87. The van der Waals surface area contributed by atoms with Crippen molar-refractivity contribution < 1.29 is 4.79 Å². The van der Waals surface area contributed by atoms with Gasteiger partial charge in [0.2, 0.25) is 0 Å². The van der Waals surface area contributed by atoms with Crippen LogP contribution in [-0.2, 0) is 6.42 Å². The number of nitrogens with one attached hydrogen (secondary N) is 1. The average molecular weight is 454 g/mol. The van der Waals surface area contributed by atoms with E-state index >= 15 is 0 Å². The summed E-state index contributed by atoms with van der Waals surface area (Å²) in [5.41, 5.74) is 5.18. The van der Waals surface area contributed by atoms with Crippen LogP contribution in [0.25, 0.3) is 27.5 Å². The number of ketones is 1. The van der Waals surface area contributed by atoms with Crippen LogP contribution in [0, 0.1) is 6.92 Å². The number of aromatic nitrogens is 3. The second-order valence-corrected chi connectivity index (χ2v) is 8.94. The molecule has 0 saturated carbocycles. The second kappa shape index (κ2) is 8.71. The number of thioether (sulfide) groups is 1. The van der Waals surface area contributed by atoms with Gasteiger partial charge in [0.1, 0.15) is 0 Å². The Labute approximate surface area is 195 Å². The molecule has 0 bridgehead atoms. The molecule has 0 spiro atoms. The molecule has 0 amide bonds. The molecule has 3 aromatic carbocycles. The number of H-pyrrole nitrogens is 1. The number of aryl methyl sites for hydroxylation is 2. The molecular weight excluding hydrogens is 430 g/mol. The van der Waals surface area contributed by atoms with Crippen LogP contribution in [0.2, 0.25) is 0 Å². The Kier molecular flexibility index (Phi) is 5.60. The van der Waals surface area contributed by atoms with Gasteiger partial charge in [-0.3, -0.25) is 14.2 Å². The Hall–Kier alpha value is -3.64. The Morgan fingerprint density at radius 2 is 1.76 bits per heavy atom. The minimum absolute atomic E-state index is 0.00244. The lowest BCUT2D eigenvalue weighted by atomic mass is 10.1. The van der Waals surface area contributed by atoms with E-state index in [1.54, 1.807) is 16.8 Å². The Balaban J connectivity index is 1.54. The summed E-state index contributed by atoms with van der Waals surface area (Å²) < 4.78 is 1.60. The number of para-hydroxylation sites is 2. The molecule has 0 aliphatic heterocycles. The second-order valence-electron chi connectivity index (χ2n) is 8.00. The van der Waals surface area contributed by atoms with Crippen molar-refractivity contribution in [3.05, 3.63) is 100.0 Å². The standard InChI is InChI=1S/C27H23N3O2S/c1-3-18-7-6-9-20-22(15-28-25(18)20)24(31)16-33-27-29-23-10-5-4-8-21(23)26(32)30(27)19-13-11-17(2)12-14-19/h4-15,28H,3,16H2,1-2H3. The normalized spacial score (nSPS) is 11.3. The number of carbonyl (C=O) groups is 1. The van der Waals surface area contributed by atoms with Gasteiger partial charge in [-0.25, -0.2) is 4.98 Å². The van der Waals surface area contributed by atoms with E-state index in [0.717, 1.165) is 28.6 Å². The number of benzene rings is 3. The van der Waals surface area contributed by atoms with Gasteiger partial charge in [0.25, 0.3) is 5.56 Å². The predicted molar refractivity (Wildman–Crippen MR) is 135 cm³/mol. The first-order valence-electron chi connectivity index (χ1n) is 10.9. The molecule has 0 saturated heterocycles. The van der Waals surface area contributed by atoms with Gasteiger partial charge in [-0.15, -0.1) is 0 Å². The van der Waals surface area contributed by atoms with Gasteiger partial charge in [0.15, 0.2) is 10.9 Å². The number of carbonyl (C=O) groups excluding carboxylic acids is 1. The summed E-state index contributed by atoms with van der Waals surface area (Å²) >= 11 is 1.29. The lowest BCUT2D eigenvalue weighted by molar-refractivity contribution is 0.102. The number of nitrogens with zero attached hydrogens (tertiary/aromatic N) is 2. The molecule has 2 heterocycles. The van der Waals surface area contributed by atoms with E-state index in [1.165, 1.54) is 17.3 Å². The monoisotopic (exact) mass is 453 g/mol. The van der Waals surface area contributed by atoms with E-state index in [2.05, 4.69) is 18.0 Å². The minimum Gasteiger partial charge on any atom is -0.360 e. The van der Waals surface area contributed by atoms with Gasteiger partial charge in [-0.2, -0.15) is 0 Å². The van der Waals surface area contributed by atoms with Gasteiger partial charge in [0.05, 0.1) is 22.3 Å². The molecule has 33 heavy (non-hydrogen) atoms. The number of hydrogen-bond donors (Lipinski definition) is 1. The SMILES string of the molecule is CCc1cccc2c(C(=O)CSc3nc4ccccc4c(=O)n3-c3ccc(C)cc3)c[nH]c12. The molecule has 0 fully saturated rings. The van der Waals surface area contributed by atoms with Gasteiger partial charge in [-0.1, -0.05) is 66.7 Å². The van der Waals surface area contributed by atoms with Crippen molar-refractivity contribution in [1.82, 2.24) is 14.5 Å². The predicted octanol–water partition coefficient (Wildman–Crippen LogP) is 5.71. The summed E-state index contributed by atoms with van der Waals surface area (Å²) in [6, 6.07) is 21.1. The number of Topliss-reactive ketones (excluding diaryl/α,β-unsaturated/α-hetero) is 1. The number of fused-ring (bicyclic) bond motifs is 2. The fraction of sp³-hybridized carbons (Fsp3) is 0.148. The highest BCUT2D eigenvalue weighted by molar-refractivity contribution is 7.99. The fourth-order valence-electron chi connectivity index (χ4n) is 4.08. The van der Waals surface area contributed by atoms with Crippen molar-refractivity contribution in [2.45, 2.75) is 25.4 Å². The first kappa shape index (κ1) is 21.2. The maximum absolute atomic E-state index is 13.4. The Morgan fingerprint density at radius 1 is 1.00 bits per heavy atom. The third-order valence-corrected chi connectivity index (χ3v) is 6.79. The molecule has 164 valence electrons. The number of aromatic amines is 1. The zero-order valence-corrected chi connectivity index (χ0v) is 19.3. The van der Waals surface area contributed by atoms with Crippen LogP contribution in [0.5, 0.6) is 0 Å². The van der Waals surface area contributed by atoms with Crippen molar-refractivity contribution in [3.63, 3.8) is 0 Å². The van der Waals surface area contributed by atoms with E-state index in [1.807, 2.05) is 61.5 Å². The van der Waals surface area contributed by atoms with Crippen LogP contribution in [0.1, 0.15) is 28.4 Å². The quantitative estimate of drug-likeness (QED) is 0.203. The molecule has 2 aromatic heterocycles. The lowest BCUT2D eigenvalue weighted by Gasteiger charge is -2.13. The molecule has 0 unspecified atom stereocenters. The van der Waals surface area contributed by atoms with E-state index in [0.29, 0.717) is 21.6 Å². The van der Waals surface area contributed by atoms with Crippen LogP contribution in [0.4, 0.5) is 0 Å². The van der Waals surface area contributed by atoms with Crippen LogP contribution in [0.3, 0.4) is 0 Å². The first-order chi connectivity index (χ1) is 16.1. The molecule has 6 heteroatoms. The Bertz CT molecular complexity index is 1550. The molecule has 5 rings (SSSR count). The number of rotatable bonds is 6. The van der Waals surface area contributed by atoms with E-state index in [4.69, 9.17) is 4.98 Å². The lowest BCUT2D eigenvalue weighted by Crippen LogP contribution is -2.22. The van der Waals surface area contributed by atoms with Gasteiger partial charge in [-0.05, 0) is 43.2 Å². The topological polar surface area (TPSA) is 67.8 Å². The van der Waals surface area contributed by atoms with Crippen molar-refractivity contribution >= 4 is 39.4 Å². The summed E-state index contributed by atoms with van der Waals surface area (Å²) in [6.07, 6.45) is 2.68. The van der Waals surface area contributed by atoms with E-state index in [-0.39, 0.29) is 17.1 Å². The van der Waals surface area contributed by atoms with Gasteiger partial charge < -0.3 is 4.98 Å². The molecule has 0 atom stereocenters. The molecule has 0 aliphatic rings. The first-order valence-corrected chi connectivity index (χ1v) is 11.9. The van der Waals surface area contributed by atoms with Crippen LogP contribution >= 0.6 is 11.8 Å². The molecule has 0 aliphatic carbocycles. The van der Waals surface area contributed by atoms with Gasteiger partial charge >= 0.3 is 0 Å². The van der Waals surface area contributed by atoms with E-state index < -0.39 is 0 Å². The highest BCUT2D eigenvalue weighted by Crippen LogP contribution is 2.26. The summed E-state index contributed by atoms with van der Waals surface area (Å²) in [4.78, 5) is 34.6. The van der Waals surface area contributed by atoms with Crippen molar-refractivity contribution in [2.75, 3.05) is 5.75 Å². The molecule has 1 N–H and O–H groups in total. The van der Waals surface area contributed by atoms with Crippen LogP contribution in [-0.4, -0.2) is 26.1 Å². The zero-order chi connectivity index (χ0) is 22.9. The summed E-state index contributed by atoms with van der Waals surface area (Å²) in [5.74, 6) is 0.178. The smallest absolute Gasteiger partial charge is 0.266 e. The van der Waals surface area contributed by atoms with Crippen molar-refractivity contribution in [2.24, 2.45) is 0 Å². The molecular formula is C27H23N3O2S. The zero-order valence-electron chi connectivity index (χ0n) is 18.5. The molecule has 5 nitrogen and oxygen atoms in total. The highest BCUT2D eigenvalue weighted by Gasteiger charge is 2.18. The Morgan fingerprint density at radius 3 is 2.55 bits per heavy atom. The highest BCUT2D eigenvalue weighted by atomic mass is 32.2. The summed E-state index contributed by atoms with van der Waals surface area (Å²) in [7, 11) is 0. The maximum atomic E-state index is 13.4. The largest absolute Gasteiger partial charge is 0.360 e. The average Bonchev–Trinajstić information content (AvgIpc) is 3.28. The number of hydrogen-bond acceptors (Lipinski definition) is 4.